The maximum absolute atomic E-state index is 11.4. The molecule has 0 spiro atoms. The van der Waals surface area contributed by atoms with E-state index in [9.17, 15) is 9.59 Å². The first kappa shape index (κ1) is 12.5. The van der Waals surface area contributed by atoms with E-state index in [1.165, 1.54) is 0 Å². The minimum absolute atomic E-state index is 0.267. The number of hydrogen-bond donors (Lipinski definition) is 1. The molecule has 1 aromatic rings. The number of halogens is 1. The van der Waals surface area contributed by atoms with Crippen molar-refractivity contribution in [3.8, 4) is 0 Å². The van der Waals surface area contributed by atoms with Crippen molar-refractivity contribution in [1.29, 1.82) is 0 Å². The summed E-state index contributed by atoms with van der Waals surface area (Å²) in [5.41, 5.74) is 0.557. The zero-order chi connectivity index (χ0) is 12.0. The molecule has 1 aromatic carbocycles. The number of anilines is 1. The van der Waals surface area contributed by atoms with E-state index in [-0.39, 0.29) is 13.0 Å². The van der Waals surface area contributed by atoms with Gasteiger partial charge in [0.25, 0.3) is 0 Å². The van der Waals surface area contributed by atoms with Crippen LogP contribution in [-0.4, -0.2) is 18.5 Å². The molecular weight excluding hydrogens is 230 g/mol. The lowest BCUT2D eigenvalue weighted by Crippen LogP contribution is -2.18. The first-order valence-corrected chi connectivity index (χ1v) is 5.20. The van der Waals surface area contributed by atoms with Gasteiger partial charge in [0, 0.05) is 10.7 Å². The minimum Gasteiger partial charge on any atom is -0.466 e. The van der Waals surface area contributed by atoms with Gasteiger partial charge in [-0.2, -0.15) is 0 Å². The zero-order valence-electron chi connectivity index (χ0n) is 8.83. The second-order valence-corrected chi connectivity index (χ2v) is 3.48. The number of carbonyl (C=O) groups excluding carboxylic acids is 2. The van der Waals surface area contributed by atoms with Gasteiger partial charge in [-0.3, -0.25) is 9.59 Å². The quantitative estimate of drug-likeness (QED) is 0.650. The van der Waals surface area contributed by atoms with E-state index in [1.807, 2.05) is 0 Å². The molecule has 0 radical (unpaired) electrons. The monoisotopic (exact) mass is 241 g/mol. The van der Waals surface area contributed by atoms with Crippen molar-refractivity contribution in [3.63, 3.8) is 0 Å². The van der Waals surface area contributed by atoms with Gasteiger partial charge in [-0.1, -0.05) is 17.7 Å². The Morgan fingerprint density at radius 3 is 2.81 bits per heavy atom. The summed E-state index contributed by atoms with van der Waals surface area (Å²) in [5, 5.41) is 3.07. The number of nitrogens with one attached hydrogen (secondary N) is 1. The molecule has 1 N–H and O–H groups in total. The Labute approximate surface area is 98.5 Å². The SMILES string of the molecule is CCOC(=O)CC(=O)Nc1cccc(Cl)c1. The van der Waals surface area contributed by atoms with E-state index in [2.05, 4.69) is 10.1 Å². The van der Waals surface area contributed by atoms with Crippen molar-refractivity contribution in [2.75, 3.05) is 11.9 Å². The first-order valence-electron chi connectivity index (χ1n) is 4.83. The number of amides is 1. The van der Waals surface area contributed by atoms with E-state index in [0.717, 1.165) is 0 Å². The Morgan fingerprint density at radius 1 is 1.44 bits per heavy atom. The Bertz CT molecular complexity index is 393. The topological polar surface area (TPSA) is 55.4 Å². The van der Waals surface area contributed by atoms with Gasteiger partial charge in [-0.05, 0) is 25.1 Å². The summed E-state index contributed by atoms with van der Waals surface area (Å²) in [6, 6.07) is 6.70. The predicted octanol–water partition coefficient (Wildman–Crippen LogP) is 2.23. The van der Waals surface area contributed by atoms with Crippen LogP contribution in [-0.2, 0) is 14.3 Å². The Kier molecular flexibility index (Phi) is 4.79. The molecule has 0 saturated carbocycles. The van der Waals surface area contributed by atoms with Crippen molar-refractivity contribution in [1.82, 2.24) is 0 Å². The van der Waals surface area contributed by atoms with Crippen molar-refractivity contribution < 1.29 is 14.3 Å². The fraction of sp³-hybridized carbons (Fsp3) is 0.273. The molecule has 0 saturated heterocycles. The van der Waals surface area contributed by atoms with Crippen LogP contribution in [0, 0.1) is 0 Å². The number of hydrogen-bond acceptors (Lipinski definition) is 3. The maximum Gasteiger partial charge on any atom is 0.315 e. The second-order valence-electron chi connectivity index (χ2n) is 3.04. The van der Waals surface area contributed by atoms with Crippen LogP contribution in [0.4, 0.5) is 5.69 Å². The molecule has 0 aliphatic carbocycles. The predicted molar refractivity (Wildman–Crippen MR) is 61.3 cm³/mol. The molecule has 1 rings (SSSR count). The van der Waals surface area contributed by atoms with Gasteiger partial charge >= 0.3 is 5.97 Å². The van der Waals surface area contributed by atoms with Crippen LogP contribution in [0.15, 0.2) is 24.3 Å². The van der Waals surface area contributed by atoms with E-state index in [1.54, 1.807) is 31.2 Å². The minimum atomic E-state index is -0.540. The lowest BCUT2D eigenvalue weighted by molar-refractivity contribution is -0.145. The molecule has 0 aliphatic rings. The summed E-state index contributed by atoms with van der Waals surface area (Å²) in [6.07, 6.45) is -0.291. The third-order valence-corrected chi connectivity index (χ3v) is 1.95. The van der Waals surface area contributed by atoms with Crippen LogP contribution >= 0.6 is 11.6 Å². The van der Waals surface area contributed by atoms with Crippen LogP contribution in [0.25, 0.3) is 0 Å². The summed E-state index contributed by atoms with van der Waals surface area (Å²) >= 11 is 5.74. The highest BCUT2D eigenvalue weighted by atomic mass is 35.5. The Morgan fingerprint density at radius 2 is 2.19 bits per heavy atom. The number of rotatable bonds is 4. The Hall–Kier alpha value is -1.55. The molecule has 86 valence electrons. The van der Waals surface area contributed by atoms with Crippen LogP contribution < -0.4 is 5.32 Å². The van der Waals surface area contributed by atoms with E-state index >= 15 is 0 Å². The van der Waals surface area contributed by atoms with E-state index < -0.39 is 11.9 Å². The van der Waals surface area contributed by atoms with Gasteiger partial charge in [0.1, 0.15) is 6.42 Å². The highest BCUT2D eigenvalue weighted by Gasteiger charge is 2.10. The molecule has 0 unspecified atom stereocenters. The first-order chi connectivity index (χ1) is 7.61. The standard InChI is InChI=1S/C11H12ClNO3/c1-2-16-11(15)7-10(14)13-9-5-3-4-8(12)6-9/h3-6H,2,7H2,1H3,(H,13,14). The molecule has 4 nitrogen and oxygen atoms in total. The fourth-order valence-corrected chi connectivity index (χ4v) is 1.30. The van der Waals surface area contributed by atoms with Gasteiger partial charge in [0.2, 0.25) is 5.91 Å². The molecule has 0 atom stereocenters. The molecule has 0 aliphatic heterocycles. The van der Waals surface area contributed by atoms with Gasteiger partial charge < -0.3 is 10.1 Å². The third kappa shape index (κ3) is 4.31. The number of benzene rings is 1. The smallest absolute Gasteiger partial charge is 0.315 e. The van der Waals surface area contributed by atoms with Gasteiger partial charge in [-0.15, -0.1) is 0 Å². The summed E-state index contributed by atoms with van der Waals surface area (Å²) in [7, 11) is 0. The molecule has 16 heavy (non-hydrogen) atoms. The number of ether oxygens (including phenoxy) is 1. The number of carbonyl (C=O) groups is 2. The zero-order valence-corrected chi connectivity index (χ0v) is 9.58. The van der Waals surface area contributed by atoms with E-state index in [0.29, 0.717) is 10.7 Å². The van der Waals surface area contributed by atoms with Crippen molar-refractivity contribution in [2.45, 2.75) is 13.3 Å². The molecule has 0 heterocycles. The van der Waals surface area contributed by atoms with E-state index in [4.69, 9.17) is 11.6 Å². The average molecular weight is 242 g/mol. The van der Waals surface area contributed by atoms with Gasteiger partial charge in [0.15, 0.2) is 0 Å². The van der Waals surface area contributed by atoms with Crippen molar-refractivity contribution in [2.24, 2.45) is 0 Å². The molecule has 0 aromatic heterocycles. The van der Waals surface area contributed by atoms with Crippen LogP contribution in [0.5, 0.6) is 0 Å². The third-order valence-electron chi connectivity index (χ3n) is 1.72. The van der Waals surface area contributed by atoms with Crippen molar-refractivity contribution in [3.05, 3.63) is 29.3 Å². The molecule has 5 heteroatoms. The second kappa shape index (κ2) is 6.12. The highest BCUT2D eigenvalue weighted by molar-refractivity contribution is 6.30. The largest absolute Gasteiger partial charge is 0.466 e. The van der Waals surface area contributed by atoms with Crippen LogP contribution in [0.1, 0.15) is 13.3 Å². The summed E-state index contributed by atoms with van der Waals surface area (Å²) in [4.78, 5) is 22.4. The average Bonchev–Trinajstić information content (AvgIpc) is 2.17. The van der Waals surface area contributed by atoms with Crippen molar-refractivity contribution >= 4 is 29.2 Å². The maximum atomic E-state index is 11.4. The molecular formula is C11H12ClNO3. The summed E-state index contributed by atoms with van der Waals surface area (Å²) in [6.45, 7) is 1.95. The Balaban J connectivity index is 2.48. The highest BCUT2D eigenvalue weighted by Crippen LogP contribution is 2.14. The lowest BCUT2D eigenvalue weighted by atomic mass is 10.3. The summed E-state index contributed by atoms with van der Waals surface area (Å²) < 4.78 is 4.65. The normalized spacial score (nSPS) is 9.62. The number of esters is 1. The molecule has 0 bridgehead atoms. The molecule has 0 fully saturated rings. The summed E-state index contributed by atoms with van der Waals surface area (Å²) in [5.74, 6) is -0.956. The molecule has 1 amide bonds. The van der Waals surface area contributed by atoms with Gasteiger partial charge in [-0.25, -0.2) is 0 Å². The lowest BCUT2D eigenvalue weighted by Gasteiger charge is -2.05. The van der Waals surface area contributed by atoms with Crippen LogP contribution in [0.3, 0.4) is 0 Å². The fourth-order valence-electron chi connectivity index (χ4n) is 1.11. The van der Waals surface area contributed by atoms with Crippen LogP contribution in [0.2, 0.25) is 5.02 Å². The van der Waals surface area contributed by atoms with Gasteiger partial charge in [0.05, 0.1) is 6.61 Å².